The van der Waals surface area contributed by atoms with Gasteiger partial charge >= 0.3 is 5.97 Å². The zero-order chi connectivity index (χ0) is 13.5. The van der Waals surface area contributed by atoms with Crippen LogP contribution < -0.4 is 5.73 Å². The summed E-state index contributed by atoms with van der Waals surface area (Å²) >= 11 is 0. The molecule has 1 fully saturated rings. The number of aliphatic carboxylic acids is 1. The van der Waals surface area contributed by atoms with Gasteiger partial charge in [0, 0.05) is 13.1 Å². The summed E-state index contributed by atoms with van der Waals surface area (Å²) in [5.74, 6) is -0.800. The van der Waals surface area contributed by atoms with E-state index in [0.29, 0.717) is 32.0 Å². The number of likely N-dealkylation sites (tertiary alicyclic amines) is 1. The number of nitrogens with two attached hydrogens (primary N) is 1. The Kier molecular flexibility index (Phi) is 6.07. The smallest absolute Gasteiger partial charge is 0.326 e. The fraction of sp³-hybridized carbons (Fsp3) is 0.833. The topological polar surface area (TPSA) is 92.9 Å². The van der Waals surface area contributed by atoms with Crippen LogP contribution in [0.1, 0.15) is 26.2 Å². The number of nitrogens with zero attached hydrogens (tertiary/aromatic N) is 1. The molecule has 1 aliphatic heterocycles. The number of ether oxygens (including phenoxy) is 1. The van der Waals surface area contributed by atoms with Gasteiger partial charge < -0.3 is 20.5 Å². The van der Waals surface area contributed by atoms with Crippen molar-refractivity contribution in [2.75, 3.05) is 26.3 Å². The largest absolute Gasteiger partial charge is 0.480 e. The van der Waals surface area contributed by atoms with Crippen LogP contribution in [-0.2, 0) is 14.3 Å². The van der Waals surface area contributed by atoms with Gasteiger partial charge in [0.2, 0.25) is 5.91 Å². The summed E-state index contributed by atoms with van der Waals surface area (Å²) in [4.78, 5) is 24.5. The minimum Gasteiger partial charge on any atom is -0.480 e. The maximum atomic E-state index is 11.9. The van der Waals surface area contributed by atoms with Gasteiger partial charge in [0.05, 0.1) is 6.61 Å². The molecule has 0 spiro atoms. The molecule has 1 aliphatic rings. The van der Waals surface area contributed by atoms with Crippen molar-refractivity contribution in [1.82, 2.24) is 4.90 Å². The lowest BCUT2D eigenvalue weighted by molar-refractivity contribution is -0.155. The van der Waals surface area contributed by atoms with Gasteiger partial charge in [0.15, 0.2) is 0 Å². The Labute approximate surface area is 107 Å². The van der Waals surface area contributed by atoms with Crippen LogP contribution in [0.25, 0.3) is 0 Å². The summed E-state index contributed by atoms with van der Waals surface area (Å²) < 4.78 is 5.07. The zero-order valence-electron chi connectivity index (χ0n) is 10.8. The molecule has 2 unspecified atom stereocenters. The molecule has 0 aliphatic carbocycles. The number of rotatable bonds is 6. The lowest BCUT2D eigenvalue weighted by Crippen LogP contribution is -2.51. The molecule has 1 amide bonds. The molecular weight excluding hydrogens is 236 g/mol. The van der Waals surface area contributed by atoms with E-state index < -0.39 is 12.0 Å². The number of piperidine rings is 1. The van der Waals surface area contributed by atoms with E-state index in [1.54, 1.807) is 0 Å². The molecule has 0 aromatic heterocycles. The Balaban J connectivity index is 2.56. The molecular formula is C12H22N2O4. The van der Waals surface area contributed by atoms with Crippen LogP contribution in [0.4, 0.5) is 0 Å². The number of carboxylic acid groups (broad SMARTS) is 1. The van der Waals surface area contributed by atoms with Gasteiger partial charge in [0.25, 0.3) is 0 Å². The van der Waals surface area contributed by atoms with Crippen molar-refractivity contribution in [2.24, 2.45) is 11.7 Å². The maximum Gasteiger partial charge on any atom is 0.326 e. The molecule has 6 heteroatoms. The second-order valence-corrected chi connectivity index (χ2v) is 4.58. The number of carboxylic acids is 1. The van der Waals surface area contributed by atoms with E-state index in [0.717, 1.165) is 12.8 Å². The summed E-state index contributed by atoms with van der Waals surface area (Å²) in [6.07, 6.45) is 2.35. The Morgan fingerprint density at radius 3 is 2.78 bits per heavy atom. The van der Waals surface area contributed by atoms with Gasteiger partial charge in [-0.1, -0.05) is 13.3 Å². The van der Waals surface area contributed by atoms with Crippen LogP contribution >= 0.6 is 0 Å². The average molecular weight is 258 g/mol. The molecule has 104 valence electrons. The predicted molar refractivity (Wildman–Crippen MR) is 66.0 cm³/mol. The first-order valence-electron chi connectivity index (χ1n) is 6.40. The molecule has 1 heterocycles. The highest BCUT2D eigenvalue weighted by Crippen LogP contribution is 2.25. The average Bonchev–Trinajstić information content (AvgIpc) is 2.38. The molecule has 6 nitrogen and oxygen atoms in total. The quantitative estimate of drug-likeness (QED) is 0.657. The maximum absolute atomic E-state index is 11.9. The summed E-state index contributed by atoms with van der Waals surface area (Å²) in [5.41, 5.74) is 5.26. The van der Waals surface area contributed by atoms with Crippen molar-refractivity contribution in [3.05, 3.63) is 0 Å². The second kappa shape index (κ2) is 7.33. The standard InChI is InChI=1S/C12H22N2O4/c1-2-9-3-5-14(10(7-9)12(16)17)11(15)8-18-6-4-13/h9-10H,2-8,13H2,1H3,(H,16,17). The van der Waals surface area contributed by atoms with E-state index in [1.807, 2.05) is 6.92 Å². The minimum atomic E-state index is -0.930. The van der Waals surface area contributed by atoms with Gasteiger partial charge in [-0.25, -0.2) is 4.79 Å². The first-order valence-corrected chi connectivity index (χ1v) is 6.40. The van der Waals surface area contributed by atoms with E-state index in [9.17, 15) is 14.7 Å². The highest BCUT2D eigenvalue weighted by Gasteiger charge is 2.35. The Hall–Kier alpha value is -1.14. The van der Waals surface area contributed by atoms with Gasteiger partial charge in [-0.05, 0) is 18.8 Å². The van der Waals surface area contributed by atoms with Crippen molar-refractivity contribution in [3.63, 3.8) is 0 Å². The lowest BCUT2D eigenvalue weighted by Gasteiger charge is -2.36. The molecule has 0 aromatic rings. The van der Waals surface area contributed by atoms with Crippen LogP contribution in [0.15, 0.2) is 0 Å². The highest BCUT2D eigenvalue weighted by molar-refractivity contribution is 5.84. The van der Waals surface area contributed by atoms with Crippen molar-refractivity contribution in [1.29, 1.82) is 0 Å². The molecule has 0 saturated carbocycles. The van der Waals surface area contributed by atoms with Crippen LogP contribution in [0.5, 0.6) is 0 Å². The monoisotopic (exact) mass is 258 g/mol. The van der Waals surface area contributed by atoms with E-state index in [2.05, 4.69) is 0 Å². The summed E-state index contributed by atoms with van der Waals surface area (Å²) in [6, 6.07) is -0.710. The van der Waals surface area contributed by atoms with E-state index >= 15 is 0 Å². The van der Waals surface area contributed by atoms with E-state index in [1.165, 1.54) is 4.90 Å². The molecule has 3 N–H and O–H groups in total. The van der Waals surface area contributed by atoms with Crippen molar-refractivity contribution < 1.29 is 19.4 Å². The number of carbonyl (C=O) groups is 2. The molecule has 1 rings (SSSR count). The van der Waals surface area contributed by atoms with Gasteiger partial charge in [0.1, 0.15) is 12.6 Å². The molecule has 0 bridgehead atoms. The van der Waals surface area contributed by atoms with E-state index in [4.69, 9.17) is 10.5 Å². The number of carbonyl (C=O) groups excluding carboxylic acids is 1. The highest BCUT2D eigenvalue weighted by atomic mass is 16.5. The van der Waals surface area contributed by atoms with Gasteiger partial charge in [-0.15, -0.1) is 0 Å². The van der Waals surface area contributed by atoms with Crippen molar-refractivity contribution in [2.45, 2.75) is 32.2 Å². The third-order valence-corrected chi connectivity index (χ3v) is 3.38. The minimum absolute atomic E-state index is 0.0855. The SMILES string of the molecule is CCC1CCN(C(=O)COCCN)C(C(=O)O)C1. The summed E-state index contributed by atoms with van der Waals surface area (Å²) in [7, 11) is 0. The number of hydrogen-bond donors (Lipinski definition) is 2. The lowest BCUT2D eigenvalue weighted by atomic mass is 9.89. The molecule has 2 atom stereocenters. The Morgan fingerprint density at radius 1 is 1.50 bits per heavy atom. The third-order valence-electron chi connectivity index (χ3n) is 3.38. The van der Waals surface area contributed by atoms with Crippen LogP contribution in [0.3, 0.4) is 0 Å². The third kappa shape index (κ3) is 3.96. The molecule has 0 aromatic carbocycles. The second-order valence-electron chi connectivity index (χ2n) is 4.58. The summed E-state index contributed by atoms with van der Waals surface area (Å²) in [6.45, 7) is 3.13. The first kappa shape index (κ1) is 14.9. The normalized spacial score (nSPS) is 24.0. The number of hydrogen-bond acceptors (Lipinski definition) is 4. The van der Waals surface area contributed by atoms with Crippen LogP contribution in [0, 0.1) is 5.92 Å². The van der Waals surface area contributed by atoms with Crippen molar-refractivity contribution in [3.8, 4) is 0 Å². The number of amides is 1. The summed E-state index contributed by atoms with van der Waals surface area (Å²) in [5, 5.41) is 9.19. The van der Waals surface area contributed by atoms with Crippen LogP contribution in [0.2, 0.25) is 0 Å². The van der Waals surface area contributed by atoms with Crippen molar-refractivity contribution >= 4 is 11.9 Å². The Bertz CT molecular complexity index is 296. The first-order chi connectivity index (χ1) is 8.60. The molecule has 18 heavy (non-hydrogen) atoms. The fourth-order valence-corrected chi connectivity index (χ4v) is 2.27. The fourth-order valence-electron chi connectivity index (χ4n) is 2.27. The van der Waals surface area contributed by atoms with E-state index in [-0.39, 0.29) is 12.5 Å². The zero-order valence-corrected chi connectivity index (χ0v) is 10.8. The predicted octanol–water partition coefficient (Wildman–Crippen LogP) is 0.0635. The molecule has 1 saturated heterocycles. The van der Waals surface area contributed by atoms with Gasteiger partial charge in [-0.3, -0.25) is 4.79 Å². The molecule has 0 radical (unpaired) electrons. The van der Waals surface area contributed by atoms with Crippen LogP contribution in [-0.4, -0.2) is 54.2 Å². The Morgan fingerprint density at radius 2 is 2.22 bits per heavy atom. The van der Waals surface area contributed by atoms with Gasteiger partial charge in [-0.2, -0.15) is 0 Å².